The van der Waals surface area contributed by atoms with Crippen molar-refractivity contribution in [3.63, 3.8) is 0 Å². The second kappa shape index (κ2) is 11.8. The van der Waals surface area contributed by atoms with Crippen molar-refractivity contribution in [3.8, 4) is 11.3 Å². The zero-order chi connectivity index (χ0) is 27.4. The fraction of sp³-hybridized carbons (Fsp3) is 0.346. The van der Waals surface area contributed by atoms with Gasteiger partial charge in [0.15, 0.2) is 0 Å². The highest BCUT2D eigenvalue weighted by Gasteiger charge is 2.26. The third-order valence-corrected chi connectivity index (χ3v) is 7.21. The van der Waals surface area contributed by atoms with E-state index in [1.807, 2.05) is 14.1 Å². The maximum absolute atomic E-state index is 14.3. The van der Waals surface area contributed by atoms with Crippen LogP contribution in [0.3, 0.4) is 0 Å². The van der Waals surface area contributed by atoms with E-state index in [1.54, 1.807) is 35.6 Å². The molecule has 2 N–H and O–H groups in total. The number of rotatable bonds is 8. The van der Waals surface area contributed by atoms with Gasteiger partial charge in [-0.15, -0.1) is 0 Å². The van der Waals surface area contributed by atoms with Crippen LogP contribution in [0, 0.1) is 11.7 Å². The van der Waals surface area contributed by atoms with Gasteiger partial charge in [-0.1, -0.05) is 0 Å². The van der Waals surface area contributed by atoms with Gasteiger partial charge in [0.1, 0.15) is 5.82 Å². The van der Waals surface area contributed by atoms with Crippen molar-refractivity contribution in [3.05, 3.63) is 58.9 Å². The number of anilines is 2. The van der Waals surface area contributed by atoms with Crippen molar-refractivity contribution in [1.29, 1.82) is 0 Å². The SMILES string of the molecule is CN(C)c1ncc(-c2cc(F)cc(CNCC3CCN(c4nccc(/C=C5/SC(=O)NC5=O)n4)CC3)n2)cn1. The second-order valence-electron chi connectivity index (χ2n) is 9.52. The molecule has 3 aromatic heterocycles. The summed E-state index contributed by atoms with van der Waals surface area (Å²) in [6.07, 6.45) is 8.46. The third-order valence-electron chi connectivity index (χ3n) is 6.40. The summed E-state index contributed by atoms with van der Waals surface area (Å²) in [6, 6.07) is 4.54. The highest BCUT2D eigenvalue weighted by Crippen LogP contribution is 2.26. The molecule has 0 spiro atoms. The Morgan fingerprint density at radius 3 is 2.62 bits per heavy atom. The van der Waals surface area contributed by atoms with Crippen LogP contribution in [0.4, 0.5) is 21.1 Å². The molecular formula is C26H28FN9O2S. The average Bonchev–Trinajstić information content (AvgIpc) is 3.25. The van der Waals surface area contributed by atoms with Crippen LogP contribution < -0.4 is 20.4 Å². The quantitative estimate of drug-likeness (QED) is 0.403. The number of imide groups is 1. The predicted octanol–water partition coefficient (Wildman–Crippen LogP) is 2.86. The lowest BCUT2D eigenvalue weighted by atomic mass is 9.97. The van der Waals surface area contributed by atoms with E-state index < -0.39 is 5.91 Å². The first kappa shape index (κ1) is 26.6. The monoisotopic (exact) mass is 549 g/mol. The molecule has 2 aliphatic heterocycles. The summed E-state index contributed by atoms with van der Waals surface area (Å²) in [5.74, 6) is 0.879. The Hall–Kier alpha value is -3.97. The molecule has 13 heteroatoms. The molecule has 3 aromatic rings. The van der Waals surface area contributed by atoms with Crippen molar-refractivity contribution in [2.75, 3.05) is 43.5 Å². The van der Waals surface area contributed by atoms with Crippen molar-refractivity contribution in [1.82, 2.24) is 35.6 Å². The Kier molecular flexibility index (Phi) is 8.07. The van der Waals surface area contributed by atoms with Gasteiger partial charge < -0.3 is 15.1 Å². The predicted molar refractivity (Wildman–Crippen MR) is 147 cm³/mol. The van der Waals surface area contributed by atoms with E-state index in [9.17, 15) is 14.0 Å². The first-order chi connectivity index (χ1) is 18.8. The molecule has 11 nitrogen and oxygen atoms in total. The molecular weight excluding hydrogens is 521 g/mol. The molecule has 0 unspecified atom stereocenters. The van der Waals surface area contributed by atoms with E-state index in [4.69, 9.17) is 0 Å². The Labute approximate surface area is 229 Å². The molecule has 0 saturated carbocycles. The molecule has 0 aromatic carbocycles. The van der Waals surface area contributed by atoms with Crippen molar-refractivity contribution in [2.24, 2.45) is 5.92 Å². The fourth-order valence-electron chi connectivity index (χ4n) is 4.37. The summed E-state index contributed by atoms with van der Waals surface area (Å²) in [5.41, 5.74) is 2.37. The van der Waals surface area contributed by atoms with Gasteiger partial charge in [0, 0.05) is 63.9 Å². The number of nitrogens with zero attached hydrogens (tertiary/aromatic N) is 7. The van der Waals surface area contributed by atoms with Crippen LogP contribution >= 0.6 is 11.8 Å². The second-order valence-corrected chi connectivity index (χ2v) is 10.5. The summed E-state index contributed by atoms with van der Waals surface area (Å²) in [4.78, 5) is 49.6. The zero-order valence-electron chi connectivity index (χ0n) is 21.6. The van der Waals surface area contributed by atoms with Gasteiger partial charge >= 0.3 is 0 Å². The molecule has 5 heterocycles. The first-order valence-corrected chi connectivity index (χ1v) is 13.4. The number of carbonyl (C=O) groups excluding carboxylic acids is 2. The Bertz CT molecular complexity index is 1390. The lowest BCUT2D eigenvalue weighted by Gasteiger charge is -2.32. The van der Waals surface area contributed by atoms with Crippen LogP contribution in [-0.2, 0) is 11.3 Å². The van der Waals surface area contributed by atoms with E-state index in [2.05, 4.69) is 40.5 Å². The van der Waals surface area contributed by atoms with Crippen molar-refractivity contribution in [2.45, 2.75) is 19.4 Å². The third kappa shape index (κ3) is 6.73. The number of piperidine rings is 1. The molecule has 0 aliphatic carbocycles. The van der Waals surface area contributed by atoms with Crippen molar-refractivity contribution < 1.29 is 14.0 Å². The minimum atomic E-state index is -0.407. The summed E-state index contributed by atoms with van der Waals surface area (Å²) >= 11 is 0.866. The van der Waals surface area contributed by atoms with E-state index in [-0.39, 0.29) is 11.1 Å². The van der Waals surface area contributed by atoms with Gasteiger partial charge in [0.2, 0.25) is 11.9 Å². The van der Waals surface area contributed by atoms with Crippen LogP contribution in [0.5, 0.6) is 0 Å². The molecule has 2 saturated heterocycles. The molecule has 0 radical (unpaired) electrons. The van der Waals surface area contributed by atoms with Gasteiger partial charge in [-0.2, -0.15) is 0 Å². The summed E-state index contributed by atoms with van der Waals surface area (Å²) in [7, 11) is 3.72. The smallest absolute Gasteiger partial charge is 0.290 e. The van der Waals surface area contributed by atoms with Gasteiger partial charge in [-0.05, 0) is 55.3 Å². The molecule has 39 heavy (non-hydrogen) atoms. The van der Waals surface area contributed by atoms with Gasteiger partial charge in [0.05, 0.1) is 22.0 Å². The van der Waals surface area contributed by atoms with Crippen LogP contribution in [0.2, 0.25) is 0 Å². The van der Waals surface area contributed by atoms with E-state index in [1.165, 1.54) is 12.1 Å². The molecule has 0 bridgehead atoms. The summed E-state index contributed by atoms with van der Waals surface area (Å²) < 4.78 is 14.3. The van der Waals surface area contributed by atoms with Crippen LogP contribution in [-0.4, -0.2) is 69.8 Å². The number of aromatic nitrogens is 5. The largest absolute Gasteiger partial charge is 0.347 e. The highest BCUT2D eigenvalue weighted by atomic mass is 32.2. The number of carbonyl (C=O) groups is 2. The summed E-state index contributed by atoms with van der Waals surface area (Å²) in [6.45, 7) is 2.84. The fourth-order valence-corrected chi connectivity index (χ4v) is 5.03. The molecule has 2 amide bonds. The Morgan fingerprint density at radius 2 is 1.92 bits per heavy atom. The number of thioether (sulfide) groups is 1. The highest BCUT2D eigenvalue weighted by molar-refractivity contribution is 8.18. The maximum Gasteiger partial charge on any atom is 0.290 e. The molecule has 5 rings (SSSR count). The van der Waals surface area contributed by atoms with Crippen LogP contribution in [0.1, 0.15) is 24.2 Å². The van der Waals surface area contributed by atoms with E-state index in [0.29, 0.717) is 51.9 Å². The summed E-state index contributed by atoms with van der Waals surface area (Å²) in [5, 5.41) is 5.28. The number of halogens is 1. The van der Waals surface area contributed by atoms with Crippen molar-refractivity contribution >= 4 is 40.9 Å². The minimum Gasteiger partial charge on any atom is -0.347 e. The van der Waals surface area contributed by atoms with E-state index >= 15 is 0 Å². The number of hydrogen-bond donors (Lipinski definition) is 2. The topological polar surface area (TPSA) is 129 Å². The van der Waals surface area contributed by atoms with Crippen LogP contribution in [0.25, 0.3) is 17.3 Å². The average molecular weight is 550 g/mol. The number of pyridine rings is 1. The Balaban J connectivity index is 1.13. The normalized spacial score (nSPS) is 17.1. The van der Waals surface area contributed by atoms with Gasteiger partial charge in [0.25, 0.3) is 11.1 Å². The maximum atomic E-state index is 14.3. The van der Waals surface area contributed by atoms with Gasteiger partial charge in [-0.25, -0.2) is 24.3 Å². The molecule has 2 aliphatic rings. The van der Waals surface area contributed by atoms with Crippen LogP contribution in [0.15, 0.2) is 41.7 Å². The Morgan fingerprint density at radius 1 is 1.15 bits per heavy atom. The van der Waals surface area contributed by atoms with Gasteiger partial charge in [-0.3, -0.25) is 19.9 Å². The zero-order valence-corrected chi connectivity index (χ0v) is 22.4. The lowest BCUT2D eigenvalue weighted by Crippen LogP contribution is -2.38. The number of amides is 2. The molecule has 0 atom stereocenters. The van der Waals surface area contributed by atoms with E-state index in [0.717, 1.165) is 44.2 Å². The number of hydrogen-bond acceptors (Lipinski definition) is 11. The standard InChI is InChI=1S/C26H28FN9O2S/c1-35(2)24-30-13-17(14-31-24)21-10-18(27)9-20(32-21)15-28-12-16-4-7-36(8-5-16)25-29-6-3-19(33-25)11-22-23(37)34-26(38)39-22/h3,6,9-11,13-14,16,28H,4-5,7-8,12,15H2,1-2H3,(H,34,37,38)/b22-11+. The lowest BCUT2D eigenvalue weighted by molar-refractivity contribution is -0.115. The first-order valence-electron chi connectivity index (χ1n) is 12.5. The minimum absolute atomic E-state index is 0.324. The molecule has 202 valence electrons. The molecule has 2 fully saturated rings. The number of nitrogens with one attached hydrogen (secondary N) is 2.